The summed E-state index contributed by atoms with van der Waals surface area (Å²) < 4.78 is 31.8. The van der Waals surface area contributed by atoms with E-state index in [1.165, 1.54) is 52.4 Å². The van der Waals surface area contributed by atoms with Crippen molar-refractivity contribution in [2.24, 2.45) is 0 Å². The lowest BCUT2D eigenvalue weighted by Gasteiger charge is -2.19. The Morgan fingerprint density at radius 2 is 1.03 bits per heavy atom. The molecule has 0 N–H and O–H groups in total. The summed E-state index contributed by atoms with van der Waals surface area (Å²) in [7, 11) is 2.77. The van der Waals surface area contributed by atoms with Crippen LogP contribution in [-0.4, -0.2) is 51.3 Å². The third-order valence-electron chi connectivity index (χ3n) is 4.77. The summed E-state index contributed by atoms with van der Waals surface area (Å²) in [5, 5.41) is 0. The Kier molecular flexibility index (Phi) is 11.1. The van der Waals surface area contributed by atoms with Crippen LogP contribution >= 0.6 is 0 Å². The summed E-state index contributed by atoms with van der Waals surface area (Å²) in [6, 6.07) is 6.34. The van der Waals surface area contributed by atoms with Gasteiger partial charge in [-0.3, -0.25) is 9.59 Å². The van der Waals surface area contributed by atoms with Gasteiger partial charge in [0, 0.05) is 37.1 Å². The van der Waals surface area contributed by atoms with Crippen LogP contribution in [0.5, 0.6) is 23.0 Å². The molecule has 0 unspecified atom stereocenters. The molecular formula is C28H30O10. The molecule has 38 heavy (non-hydrogen) atoms. The highest BCUT2D eigenvalue weighted by Gasteiger charge is 2.23. The molecule has 0 aliphatic heterocycles. The topological polar surface area (TPSA) is 124 Å². The van der Waals surface area contributed by atoms with Crippen molar-refractivity contribution in [2.45, 2.75) is 27.7 Å². The van der Waals surface area contributed by atoms with Crippen LogP contribution in [0, 0.1) is 0 Å². The Labute approximate surface area is 220 Å². The minimum absolute atomic E-state index is 0.0373. The molecule has 2 aromatic rings. The van der Waals surface area contributed by atoms with Gasteiger partial charge in [0.1, 0.15) is 0 Å². The molecule has 2 rings (SSSR count). The standard InChI is InChI=1S/C28H30O10/c1-7-35-25(31)11-9-19-13-21(27(37-17(3)29)23(15-19)33-5)22-14-20(10-12-26(32)36-8-2)16-24(34-6)28(22)38-18(4)30/h9-16H,7-8H2,1-6H3/b11-9-,12-10+. The Morgan fingerprint density at radius 3 is 1.32 bits per heavy atom. The fraction of sp³-hybridized carbons (Fsp3) is 0.286. The molecular weight excluding hydrogens is 496 g/mol. The zero-order chi connectivity index (χ0) is 28.2. The normalized spacial score (nSPS) is 10.8. The maximum absolute atomic E-state index is 12.0. The fourth-order valence-electron chi connectivity index (χ4n) is 3.35. The average molecular weight is 527 g/mol. The molecule has 10 heteroatoms. The first-order valence-electron chi connectivity index (χ1n) is 11.6. The number of methoxy groups -OCH3 is 2. The molecule has 0 saturated carbocycles. The smallest absolute Gasteiger partial charge is 0.330 e. The van der Waals surface area contributed by atoms with E-state index in [1.54, 1.807) is 38.1 Å². The van der Waals surface area contributed by atoms with Crippen molar-refractivity contribution in [3.63, 3.8) is 0 Å². The molecule has 0 atom stereocenters. The largest absolute Gasteiger partial charge is 0.493 e. The monoisotopic (exact) mass is 526 g/mol. The minimum atomic E-state index is -0.626. The molecule has 10 nitrogen and oxygen atoms in total. The van der Waals surface area contributed by atoms with E-state index in [9.17, 15) is 19.2 Å². The van der Waals surface area contributed by atoms with Crippen molar-refractivity contribution in [1.29, 1.82) is 0 Å². The first kappa shape index (κ1) is 29.6. The second-order valence-corrected chi connectivity index (χ2v) is 7.56. The molecule has 0 fully saturated rings. The van der Waals surface area contributed by atoms with Crippen molar-refractivity contribution in [1.82, 2.24) is 0 Å². The second kappa shape index (κ2) is 14.2. The number of rotatable bonds is 11. The van der Waals surface area contributed by atoms with Crippen LogP contribution in [0.4, 0.5) is 0 Å². The Hall–Kier alpha value is -4.60. The molecule has 0 aliphatic rings. The van der Waals surface area contributed by atoms with Gasteiger partial charge < -0.3 is 28.4 Å². The Morgan fingerprint density at radius 1 is 0.658 bits per heavy atom. The maximum atomic E-state index is 12.0. The number of benzene rings is 2. The summed E-state index contributed by atoms with van der Waals surface area (Å²) in [5.41, 5.74) is 1.54. The van der Waals surface area contributed by atoms with Gasteiger partial charge in [0.15, 0.2) is 23.0 Å². The fourth-order valence-corrected chi connectivity index (χ4v) is 3.35. The van der Waals surface area contributed by atoms with Gasteiger partial charge in [-0.15, -0.1) is 0 Å². The van der Waals surface area contributed by atoms with Crippen LogP contribution in [0.25, 0.3) is 23.3 Å². The third kappa shape index (κ3) is 8.22. The van der Waals surface area contributed by atoms with E-state index in [0.717, 1.165) is 0 Å². The van der Waals surface area contributed by atoms with E-state index < -0.39 is 23.9 Å². The third-order valence-corrected chi connectivity index (χ3v) is 4.77. The van der Waals surface area contributed by atoms with Gasteiger partial charge in [0.05, 0.1) is 27.4 Å². The Balaban J connectivity index is 2.89. The number of hydrogen-bond donors (Lipinski definition) is 0. The number of esters is 4. The van der Waals surface area contributed by atoms with Gasteiger partial charge in [-0.1, -0.05) is 0 Å². The highest BCUT2D eigenvalue weighted by atomic mass is 16.6. The zero-order valence-electron chi connectivity index (χ0n) is 22.1. The van der Waals surface area contributed by atoms with E-state index in [-0.39, 0.29) is 47.3 Å². The van der Waals surface area contributed by atoms with Gasteiger partial charge in [-0.05, 0) is 61.4 Å². The van der Waals surface area contributed by atoms with Crippen LogP contribution in [0.3, 0.4) is 0 Å². The minimum Gasteiger partial charge on any atom is -0.493 e. The lowest BCUT2D eigenvalue weighted by atomic mass is 9.97. The SMILES string of the molecule is CCOC(=O)/C=C\c1cc(OC)c(OC(C)=O)c(-c2cc(/C=C/C(=O)OCC)cc(OC)c2OC(C)=O)c1. The summed E-state index contributed by atoms with van der Waals surface area (Å²) in [5.74, 6) is -1.94. The summed E-state index contributed by atoms with van der Waals surface area (Å²) in [6.07, 6.45) is 5.46. The highest BCUT2D eigenvalue weighted by Crippen LogP contribution is 2.47. The van der Waals surface area contributed by atoms with E-state index >= 15 is 0 Å². The lowest BCUT2D eigenvalue weighted by molar-refractivity contribution is -0.138. The molecule has 0 heterocycles. The van der Waals surface area contributed by atoms with Crippen molar-refractivity contribution >= 4 is 36.0 Å². The summed E-state index contributed by atoms with van der Waals surface area (Å²) >= 11 is 0. The van der Waals surface area contributed by atoms with Gasteiger partial charge in [0.25, 0.3) is 0 Å². The van der Waals surface area contributed by atoms with E-state index in [0.29, 0.717) is 11.1 Å². The highest BCUT2D eigenvalue weighted by molar-refractivity contribution is 5.92. The molecule has 0 radical (unpaired) electrons. The van der Waals surface area contributed by atoms with Crippen LogP contribution in [-0.2, 0) is 28.7 Å². The first-order valence-corrected chi connectivity index (χ1v) is 11.6. The number of carbonyl (C=O) groups is 4. The van der Waals surface area contributed by atoms with Crippen molar-refractivity contribution in [3.8, 4) is 34.1 Å². The maximum Gasteiger partial charge on any atom is 0.330 e. The summed E-state index contributed by atoms with van der Waals surface area (Å²) in [6.45, 7) is 6.25. The van der Waals surface area contributed by atoms with Gasteiger partial charge in [-0.25, -0.2) is 9.59 Å². The molecule has 2 aromatic carbocycles. The van der Waals surface area contributed by atoms with Crippen LogP contribution in [0.1, 0.15) is 38.8 Å². The average Bonchev–Trinajstić information content (AvgIpc) is 2.86. The summed E-state index contributed by atoms with van der Waals surface area (Å²) in [4.78, 5) is 47.8. The Bertz CT molecular complexity index is 1160. The zero-order valence-corrected chi connectivity index (χ0v) is 22.1. The quantitative estimate of drug-likeness (QED) is 0.237. The number of ether oxygens (including phenoxy) is 6. The van der Waals surface area contributed by atoms with Crippen LogP contribution < -0.4 is 18.9 Å². The molecule has 0 saturated heterocycles. The molecule has 0 aliphatic carbocycles. The van der Waals surface area contributed by atoms with Crippen molar-refractivity contribution in [2.75, 3.05) is 27.4 Å². The molecule has 0 amide bonds. The van der Waals surface area contributed by atoms with Crippen LogP contribution in [0.2, 0.25) is 0 Å². The number of carbonyl (C=O) groups excluding carboxylic acids is 4. The first-order chi connectivity index (χ1) is 18.1. The van der Waals surface area contributed by atoms with E-state index in [1.807, 2.05) is 0 Å². The van der Waals surface area contributed by atoms with Crippen molar-refractivity contribution < 1.29 is 47.6 Å². The molecule has 202 valence electrons. The second-order valence-electron chi connectivity index (χ2n) is 7.56. The lowest BCUT2D eigenvalue weighted by Crippen LogP contribution is -2.08. The van der Waals surface area contributed by atoms with E-state index in [2.05, 4.69) is 0 Å². The predicted octanol–water partition coefficient (Wildman–Crippen LogP) is 4.37. The van der Waals surface area contributed by atoms with Gasteiger partial charge in [-0.2, -0.15) is 0 Å². The molecule has 0 spiro atoms. The molecule has 0 bridgehead atoms. The van der Waals surface area contributed by atoms with Crippen LogP contribution in [0.15, 0.2) is 36.4 Å². The van der Waals surface area contributed by atoms with E-state index in [4.69, 9.17) is 28.4 Å². The van der Waals surface area contributed by atoms with Gasteiger partial charge in [0.2, 0.25) is 0 Å². The predicted molar refractivity (Wildman–Crippen MR) is 139 cm³/mol. The van der Waals surface area contributed by atoms with Crippen molar-refractivity contribution in [3.05, 3.63) is 47.5 Å². The van der Waals surface area contributed by atoms with Gasteiger partial charge >= 0.3 is 23.9 Å². The molecule has 0 aromatic heterocycles. The number of hydrogen-bond acceptors (Lipinski definition) is 10.